The molecular formula is C14H29FO4Si. The normalized spacial score (nSPS) is 36.1. The Hall–Kier alpha value is -0.0131. The Bertz CT molecular complexity index is 319. The van der Waals surface area contributed by atoms with Crippen molar-refractivity contribution in [1.82, 2.24) is 0 Å². The Morgan fingerprint density at radius 1 is 1.05 bits per heavy atom. The molecule has 0 unspecified atom stereocenters. The standard InChI is InChI=1S/C14H29FO4Si/c1-9-11(16-5)12(10(15)13(17-6)18-9)19-20(7,8)14(2,3)4/h9-13H,1-8H3/t9-,10-,11+,12-,13+/m1/s1. The van der Waals surface area contributed by atoms with Gasteiger partial charge >= 0.3 is 0 Å². The SMILES string of the molecule is CO[C@H]1O[C@H](C)[C@H](OC)[C@H](O[Si](C)(C)C(C)(C)C)[C@H]1F. The fourth-order valence-corrected chi connectivity index (χ4v) is 3.43. The summed E-state index contributed by atoms with van der Waals surface area (Å²) in [6, 6.07) is 0. The number of halogens is 1. The number of methoxy groups -OCH3 is 2. The molecular weight excluding hydrogens is 279 g/mol. The van der Waals surface area contributed by atoms with Crippen molar-refractivity contribution in [3.8, 4) is 0 Å². The van der Waals surface area contributed by atoms with Gasteiger partial charge in [0, 0.05) is 14.2 Å². The monoisotopic (exact) mass is 308 g/mol. The van der Waals surface area contributed by atoms with Gasteiger partial charge in [0.25, 0.3) is 0 Å². The average Bonchev–Trinajstić information content (AvgIpc) is 2.32. The molecule has 0 radical (unpaired) electrons. The molecule has 1 heterocycles. The lowest BCUT2D eigenvalue weighted by molar-refractivity contribution is -0.271. The summed E-state index contributed by atoms with van der Waals surface area (Å²) in [6.45, 7) is 12.5. The minimum atomic E-state index is -2.10. The van der Waals surface area contributed by atoms with E-state index in [4.69, 9.17) is 18.6 Å². The Balaban J connectivity index is 2.97. The van der Waals surface area contributed by atoms with E-state index in [2.05, 4.69) is 33.9 Å². The first-order valence-electron chi connectivity index (χ1n) is 7.08. The van der Waals surface area contributed by atoms with E-state index in [1.807, 2.05) is 6.92 Å². The first-order chi connectivity index (χ1) is 9.05. The summed E-state index contributed by atoms with van der Waals surface area (Å²) in [6.07, 6.45) is -3.60. The van der Waals surface area contributed by atoms with Gasteiger partial charge in [0.15, 0.2) is 20.8 Å². The Labute approximate surface area is 123 Å². The average molecular weight is 308 g/mol. The maximum Gasteiger partial charge on any atom is 0.192 e. The minimum absolute atomic E-state index is 0.00905. The fourth-order valence-electron chi connectivity index (χ4n) is 2.13. The van der Waals surface area contributed by atoms with Gasteiger partial charge in [-0.2, -0.15) is 0 Å². The predicted octanol–water partition coefficient (Wildman–Crippen LogP) is 3.12. The van der Waals surface area contributed by atoms with Crippen LogP contribution in [0.25, 0.3) is 0 Å². The van der Waals surface area contributed by atoms with Gasteiger partial charge in [0.2, 0.25) is 0 Å². The highest BCUT2D eigenvalue weighted by Gasteiger charge is 2.50. The van der Waals surface area contributed by atoms with E-state index in [1.165, 1.54) is 7.11 Å². The van der Waals surface area contributed by atoms with Crippen molar-refractivity contribution in [2.24, 2.45) is 0 Å². The largest absolute Gasteiger partial charge is 0.408 e. The van der Waals surface area contributed by atoms with Crippen LogP contribution in [0, 0.1) is 0 Å². The third kappa shape index (κ3) is 3.60. The molecule has 0 aromatic rings. The van der Waals surface area contributed by atoms with Crippen LogP contribution in [0.5, 0.6) is 0 Å². The molecule has 5 atom stereocenters. The molecule has 0 amide bonds. The van der Waals surface area contributed by atoms with Crippen molar-refractivity contribution in [2.75, 3.05) is 14.2 Å². The van der Waals surface area contributed by atoms with E-state index in [1.54, 1.807) is 7.11 Å². The van der Waals surface area contributed by atoms with Crippen LogP contribution in [0.3, 0.4) is 0 Å². The second-order valence-electron chi connectivity index (χ2n) is 6.93. The second-order valence-corrected chi connectivity index (χ2v) is 11.7. The van der Waals surface area contributed by atoms with Crippen molar-refractivity contribution >= 4 is 8.32 Å². The van der Waals surface area contributed by atoms with Gasteiger partial charge in [0.05, 0.1) is 6.10 Å². The molecule has 6 heteroatoms. The number of hydrogen-bond acceptors (Lipinski definition) is 4. The summed E-state index contributed by atoms with van der Waals surface area (Å²) in [4.78, 5) is 0. The molecule has 1 rings (SSSR count). The summed E-state index contributed by atoms with van der Waals surface area (Å²) in [5, 5.41) is 0.00905. The van der Waals surface area contributed by atoms with Crippen LogP contribution in [-0.4, -0.2) is 53.3 Å². The van der Waals surface area contributed by atoms with Gasteiger partial charge in [-0.3, -0.25) is 0 Å². The molecule has 0 aromatic heterocycles. The van der Waals surface area contributed by atoms with Gasteiger partial charge < -0.3 is 18.6 Å². The third-order valence-electron chi connectivity index (χ3n) is 4.45. The van der Waals surface area contributed by atoms with Crippen LogP contribution in [0.15, 0.2) is 0 Å². The molecule has 0 aliphatic carbocycles. The Morgan fingerprint density at radius 3 is 2.00 bits per heavy atom. The Morgan fingerprint density at radius 2 is 1.60 bits per heavy atom. The molecule has 120 valence electrons. The van der Waals surface area contributed by atoms with E-state index >= 15 is 0 Å². The van der Waals surface area contributed by atoms with Gasteiger partial charge in [-0.25, -0.2) is 4.39 Å². The second kappa shape index (κ2) is 6.40. The smallest absolute Gasteiger partial charge is 0.192 e. The fraction of sp³-hybridized carbons (Fsp3) is 1.00. The summed E-state index contributed by atoms with van der Waals surface area (Å²) in [5.41, 5.74) is 0. The topological polar surface area (TPSA) is 36.9 Å². The summed E-state index contributed by atoms with van der Waals surface area (Å²) < 4.78 is 36.8. The molecule has 20 heavy (non-hydrogen) atoms. The van der Waals surface area contributed by atoms with E-state index in [9.17, 15) is 4.39 Å². The van der Waals surface area contributed by atoms with Crippen molar-refractivity contribution in [3.63, 3.8) is 0 Å². The van der Waals surface area contributed by atoms with Crippen LogP contribution < -0.4 is 0 Å². The van der Waals surface area contributed by atoms with Crippen LogP contribution in [0.2, 0.25) is 18.1 Å². The molecule has 0 bridgehead atoms. The van der Waals surface area contributed by atoms with Crippen LogP contribution in [0.4, 0.5) is 4.39 Å². The van der Waals surface area contributed by atoms with E-state index in [-0.39, 0.29) is 11.1 Å². The first-order valence-corrected chi connectivity index (χ1v) is 9.99. The van der Waals surface area contributed by atoms with Gasteiger partial charge in [-0.1, -0.05) is 20.8 Å². The quantitative estimate of drug-likeness (QED) is 0.748. The number of rotatable bonds is 4. The predicted molar refractivity (Wildman–Crippen MR) is 79.1 cm³/mol. The molecule has 0 spiro atoms. The maximum absolute atomic E-state index is 14.6. The lowest BCUT2D eigenvalue weighted by Crippen LogP contribution is -2.60. The number of hydrogen-bond donors (Lipinski definition) is 0. The molecule has 4 nitrogen and oxygen atoms in total. The highest BCUT2D eigenvalue weighted by molar-refractivity contribution is 6.74. The molecule has 1 saturated heterocycles. The molecule has 1 aliphatic heterocycles. The summed E-state index contributed by atoms with van der Waals surface area (Å²) in [5.74, 6) is 0. The molecule has 0 saturated carbocycles. The van der Waals surface area contributed by atoms with Crippen molar-refractivity contribution in [3.05, 3.63) is 0 Å². The highest BCUT2D eigenvalue weighted by atomic mass is 28.4. The van der Waals surface area contributed by atoms with Gasteiger partial charge in [0.1, 0.15) is 12.2 Å². The van der Waals surface area contributed by atoms with Crippen LogP contribution in [-0.2, 0) is 18.6 Å². The zero-order valence-electron chi connectivity index (χ0n) is 13.9. The molecule has 1 fully saturated rings. The van der Waals surface area contributed by atoms with Crippen LogP contribution in [0.1, 0.15) is 27.7 Å². The van der Waals surface area contributed by atoms with E-state index in [0.29, 0.717) is 0 Å². The van der Waals surface area contributed by atoms with Crippen molar-refractivity contribution in [1.29, 1.82) is 0 Å². The van der Waals surface area contributed by atoms with Crippen LogP contribution >= 0.6 is 0 Å². The maximum atomic E-state index is 14.6. The number of ether oxygens (including phenoxy) is 3. The highest BCUT2D eigenvalue weighted by Crippen LogP contribution is 2.40. The van der Waals surface area contributed by atoms with Gasteiger partial charge in [-0.05, 0) is 25.1 Å². The lowest BCUT2D eigenvalue weighted by atomic mass is 10.0. The third-order valence-corrected chi connectivity index (χ3v) is 8.92. The molecule has 1 aliphatic rings. The molecule has 0 aromatic carbocycles. The molecule has 0 N–H and O–H groups in total. The van der Waals surface area contributed by atoms with E-state index < -0.39 is 33.0 Å². The van der Waals surface area contributed by atoms with Crippen molar-refractivity contribution in [2.45, 2.75) is 76.6 Å². The van der Waals surface area contributed by atoms with Gasteiger partial charge in [-0.15, -0.1) is 0 Å². The zero-order valence-corrected chi connectivity index (χ0v) is 14.9. The summed E-state index contributed by atoms with van der Waals surface area (Å²) >= 11 is 0. The Kier molecular flexibility index (Phi) is 5.77. The minimum Gasteiger partial charge on any atom is -0.408 e. The zero-order chi connectivity index (χ0) is 15.7. The first kappa shape index (κ1) is 18.0. The summed E-state index contributed by atoms with van der Waals surface area (Å²) in [7, 11) is 0.912. The number of alkyl halides is 1. The van der Waals surface area contributed by atoms with Crippen molar-refractivity contribution < 1.29 is 23.0 Å². The van der Waals surface area contributed by atoms with E-state index in [0.717, 1.165) is 0 Å². The lowest BCUT2D eigenvalue weighted by Gasteiger charge is -2.46.